The van der Waals surface area contributed by atoms with Crippen molar-refractivity contribution in [3.8, 4) is 0 Å². The first-order chi connectivity index (χ1) is 4.20. The topological polar surface area (TPSA) is 12.4 Å². The highest BCUT2D eigenvalue weighted by Crippen LogP contribution is 2.16. The zero-order valence-electron chi connectivity index (χ0n) is 6.52. The number of nitrogens with zero attached hydrogens (tertiary/aromatic N) is 1. The summed E-state index contributed by atoms with van der Waals surface area (Å²) in [4.78, 5) is 4.43. The molecule has 0 N–H and O–H groups in total. The summed E-state index contributed by atoms with van der Waals surface area (Å²) in [6.07, 6.45) is 1.23. The van der Waals surface area contributed by atoms with Gasteiger partial charge in [0.25, 0.3) is 0 Å². The van der Waals surface area contributed by atoms with Gasteiger partial charge in [-0.3, -0.25) is 4.99 Å². The standard InChI is InChI=1S/C8H15N/c1-6(2)8-4-7(3)5-9-8/h6-7H,4-5H2,1-3H3. The van der Waals surface area contributed by atoms with E-state index in [4.69, 9.17) is 0 Å². The molecule has 1 aliphatic heterocycles. The van der Waals surface area contributed by atoms with Gasteiger partial charge in [0.1, 0.15) is 0 Å². The van der Waals surface area contributed by atoms with E-state index in [1.807, 2.05) is 0 Å². The van der Waals surface area contributed by atoms with E-state index in [2.05, 4.69) is 25.8 Å². The Hall–Kier alpha value is -0.330. The van der Waals surface area contributed by atoms with Crippen LogP contribution in [0.25, 0.3) is 0 Å². The molecule has 1 unspecified atom stereocenters. The van der Waals surface area contributed by atoms with E-state index >= 15 is 0 Å². The van der Waals surface area contributed by atoms with Crippen LogP contribution >= 0.6 is 0 Å². The predicted octanol–water partition coefficient (Wildman–Crippen LogP) is 2.12. The van der Waals surface area contributed by atoms with Gasteiger partial charge in [0.15, 0.2) is 0 Å². The number of rotatable bonds is 1. The maximum Gasteiger partial charge on any atom is 0.0418 e. The molecule has 1 rings (SSSR count). The highest BCUT2D eigenvalue weighted by molar-refractivity contribution is 5.87. The third kappa shape index (κ3) is 1.54. The molecular formula is C8H15N. The Morgan fingerprint density at radius 2 is 2.22 bits per heavy atom. The number of hydrogen-bond acceptors (Lipinski definition) is 1. The molecule has 0 radical (unpaired) electrons. The highest BCUT2D eigenvalue weighted by Gasteiger charge is 2.15. The van der Waals surface area contributed by atoms with Crippen LogP contribution in [0.5, 0.6) is 0 Å². The highest BCUT2D eigenvalue weighted by atomic mass is 14.8. The first kappa shape index (κ1) is 6.79. The van der Waals surface area contributed by atoms with Crippen LogP contribution in [0.1, 0.15) is 27.2 Å². The molecule has 0 aromatic carbocycles. The van der Waals surface area contributed by atoms with Crippen LogP contribution < -0.4 is 0 Å². The minimum atomic E-state index is 0.676. The molecule has 0 saturated heterocycles. The lowest BCUT2D eigenvalue weighted by Gasteiger charge is -2.03. The van der Waals surface area contributed by atoms with Crippen molar-refractivity contribution in [3.05, 3.63) is 0 Å². The van der Waals surface area contributed by atoms with E-state index < -0.39 is 0 Å². The maximum absolute atomic E-state index is 4.43. The van der Waals surface area contributed by atoms with Crippen molar-refractivity contribution in [1.29, 1.82) is 0 Å². The van der Waals surface area contributed by atoms with E-state index in [0.717, 1.165) is 12.5 Å². The zero-order valence-corrected chi connectivity index (χ0v) is 6.52. The van der Waals surface area contributed by atoms with E-state index in [9.17, 15) is 0 Å². The molecule has 0 bridgehead atoms. The molecule has 52 valence electrons. The monoisotopic (exact) mass is 125 g/mol. The second-order valence-corrected chi connectivity index (χ2v) is 3.30. The molecule has 1 heterocycles. The molecule has 1 heteroatoms. The summed E-state index contributed by atoms with van der Waals surface area (Å²) in [5.74, 6) is 1.48. The molecule has 0 spiro atoms. The average molecular weight is 125 g/mol. The van der Waals surface area contributed by atoms with E-state index in [0.29, 0.717) is 5.92 Å². The van der Waals surface area contributed by atoms with Gasteiger partial charge in [-0.1, -0.05) is 20.8 Å². The van der Waals surface area contributed by atoms with Gasteiger partial charge in [0, 0.05) is 12.3 Å². The van der Waals surface area contributed by atoms with Crippen molar-refractivity contribution in [1.82, 2.24) is 0 Å². The van der Waals surface area contributed by atoms with Crippen molar-refractivity contribution in [2.75, 3.05) is 6.54 Å². The Balaban J connectivity index is 2.45. The number of hydrogen-bond donors (Lipinski definition) is 0. The van der Waals surface area contributed by atoms with Crippen LogP contribution in [-0.4, -0.2) is 12.3 Å². The molecule has 0 fully saturated rings. The van der Waals surface area contributed by atoms with Crippen molar-refractivity contribution in [2.45, 2.75) is 27.2 Å². The Morgan fingerprint density at radius 3 is 2.44 bits per heavy atom. The van der Waals surface area contributed by atoms with Gasteiger partial charge in [-0.15, -0.1) is 0 Å². The fraction of sp³-hybridized carbons (Fsp3) is 0.875. The van der Waals surface area contributed by atoms with Crippen molar-refractivity contribution >= 4 is 5.71 Å². The van der Waals surface area contributed by atoms with Crippen LogP contribution in [-0.2, 0) is 0 Å². The lowest BCUT2D eigenvalue weighted by molar-refractivity contribution is 0.658. The summed E-state index contributed by atoms with van der Waals surface area (Å²) < 4.78 is 0. The summed E-state index contributed by atoms with van der Waals surface area (Å²) in [5.41, 5.74) is 1.42. The largest absolute Gasteiger partial charge is 0.294 e. The summed E-state index contributed by atoms with van der Waals surface area (Å²) in [5, 5.41) is 0. The first-order valence-corrected chi connectivity index (χ1v) is 3.73. The van der Waals surface area contributed by atoms with Gasteiger partial charge in [0.2, 0.25) is 0 Å². The van der Waals surface area contributed by atoms with Crippen LogP contribution in [0.4, 0.5) is 0 Å². The second-order valence-electron chi connectivity index (χ2n) is 3.30. The van der Waals surface area contributed by atoms with Gasteiger partial charge in [-0.05, 0) is 18.3 Å². The fourth-order valence-electron chi connectivity index (χ4n) is 1.18. The molecule has 0 aromatic rings. The predicted molar refractivity (Wildman–Crippen MR) is 40.9 cm³/mol. The van der Waals surface area contributed by atoms with E-state index in [-0.39, 0.29) is 0 Å². The third-order valence-corrected chi connectivity index (χ3v) is 1.83. The van der Waals surface area contributed by atoms with Crippen molar-refractivity contribution in [2.24, 2.45) is 16.8 Å². The molecule has 0 saturated carbocycles. The van der Waals surface area contributed by atoms with Gasteiger partial charge in [0.05, 0.1) is 0 Å². The summed E-state index contributed by atoms with van der Waals surface area (Å²) in [6.45, 7) is 7.76. The van der Waals surface area contributed by atoms with Crippen LogP contribution in [0, 0.1) is 11.8 Å². The van der Waals surface area contributed by atoms with Crippen LogP contribution in [0.15, 0.2) is 4.99 Å². The summed E-state index contributed by atoms with van der Waals surface area (Å²) in [7, 11) is 0. The Bertz CT molecular complexity index is 125. The zero-order chi connectivity index (χ0) is 6.85. The minimum absolute atomic E-state index is 0.676. The molecule has 0 amide bonds. The molecular weight excluding hydrogens is 110 g/mol. The quantitative estimate of drug-likeness (QED) is 0.509. The molecule has 9 heavy (non-hydrogen) atoms. The van der Waals surface area contributed by atoms with Crippen molar-refractivity contribution < 1.29 is 0 Å². The fourth-order valence-corrected chi connectivity index (χ4v) is 1.18. The van der Waals surface area contributed by atoms with Crippen molar-refractivity contribution in [3.63, 3.8) is 0 Å². The second kappa shape index (κ2) is 2.51. The summed E-state index contributed by atoms with van der Waals surface area (Å²) in [6, 6.07) is 0. The van der Waals surface area contributed by atoms with E-state index in [1.165, 1.54) is 12.1 Å². The Kier molecular flexibility index (Phi) is 1.89. The van der Waals surface area contributed by atoms with Gasteiger partial charge in [-0.2, -0.15) is 0 Å². The normalized spacial score (nSPS) is 27.1. The van der Waals surface area contributed by atoms with E-state index in [1.54, 1.807) is 0 Å². The van der Waals surface area contributed by atoms with Gasteiger partial charge < -0.3 is 0 Å². The van der Waals surface area contributed by atoms with Crippen LogP contribution in [0.3, 0.4) is 0 Å². The molecule has 0 aromatic heterocycles. The molecule has 0 aliphatic carbocycles. The first-order valence-electron chi connectivity index (χ1n) is 3.73. The average Bonchev–Trinajstić information content (AvgIpc) is 2.14. The van der Waals surface area contributed by atoms with Gasteiger partial charge in [-0.25, -0.2) is 0 Å². The molecule has 1 nitrogen and oxygen atoms in total. The maximum atomic E-state index is 4.43. The molecule has 1 atom stereocenters. The third-order valence-electron chi connectivity index (χ3n) is 1.83. The lowest BCUT2D eigenvalue weighted by atomic mass is 10.0. The Labute approximate surface area is 57.2 Å². The summed E-state index contributed by atoms with van der Waals surface area (Å²) >= 11 is 0. The Morgan fingerprint density at radius 1 is 1.56 bits per heavy atom. The lowest BCUT2D eigenvalue weighted by Crippen LogP contribution is -2.04. The molecule has 1 aliphatic rings. The smallest absolute Gasteiger partial charge is 0.0418 e. The number of aliphatic imine (C=N–C) groups is 1. The van der Waals surface area contributed by atoms with Crippen LogP contribution in [0.2, 0.25) is 0 Å². The van der Waals surface area contributed by atoms with Gasteiger partial charge >= 0.3 is 0 Å². The minimum Gasteiger partial charge on any atom is -0.294 e. The SMILES string of the molecule is CC1CN=C(C(C)C)C1.